The Morgan fingerprint density at radius 2 is 2.03 bits per heavy atom. The Balaban J connectivity index is 1.50. The van der Waals surface area contributed by atoms with Crippen molar-refractivity contribution in [2.75, 3.05) is 0 Å². The van der Waals surface area contributed by atoms with E-state index in [1.54, 1.807) is 17.4 Å². The Hall–Kier alpha value is -2.64. The molecule has 168 valence electrons. The summed E-state index contributed by atoms with van der Waals surface area (Å²) in [4.78, 5) is 21.5. The minimum absolute atomic E-state index is 0.0854. The van der Waals surface area contributed by atoms with Crippen LogP contribution in [0.4, 0.5) is 0 Å². The number of fused-ring (bicyclic) bond motifs is 1. The lowest BCUT2D eigenvalue weighted by Gasteiger charge is -2.29. The van der Waals surface area contributed by atoms with Gasteiger partial charge in [-0.1, -0.05) is 54.2 Å². The summed E-state index contributed by atoms with van der Waals surface area (Å²) in [6, 6.07) is 13.5. The number of hydrogen-bond acceptors (Lipinski definition) is 6. The number of thiazole rings is 1. The number of benzene rings is 2. The highest BCUT2D eigenvalue weighted by atomic mass is 35.5. The molecule has 1 saturated carbocycles. The van der Waals surface area contributed by atoms with Gasteiger partial charge in [0.2, 0.25) is 0 Å². The quantitative estimate of drug-likeness (QED) is 0.294. The molecule has 1 heterocycles. The number of oxime groups is 1. The lowest BCUT2D eigenvalue weighted by molar-refractivity contribution is -0.129. The van der Waals surface area contributed by atoms with Crippen molar-refractivity contribution < 1.29 is 19.5 Å². The van der Waals surface area contributed by atoms with Gasteiger partial charge >= 0.3 is 5.97 Å². The van der Waals surface area contributed by atoms with E-state index in [9.17, 15) is 4.79 Å². The molecule has 1 aromatic heterocycles. The van der Waals surface area contributed by atoms with Crippen molar-refractivity contribution in [3.63, 3.8) is 0 Å². The maximum absolute atomic E-state index is 11.1. The van der Waals surface area contributed by atoms with Gasteiger partial charge in [-0.25, -0.2) is 9.78 Å². The molecule has 1 N–H and O–H groups in total. The van der Waals surface area contributed by atoms with E-state index in [0.29, 0.717) is 17.4 Å². The first-order chi connectivity index (χ1) is 15.5. The lowest BCUT2D eigenvalue weighted by atomic mass is 9.82. The number of aromatic nitrogens is 1. The normalized spacial score (nSPS) is 16.1. The molecule has 2 aromatic carbocycles. The van der Waals surface area contributed by atoms with E-state index in [1.165, 1.54) is 13.3 Å². The smallest absolute Gasteiger partial charge is 0.353 e. The number of para-hydroxylation sites is 1. The van der Waals surface area contributed by atoms with Gasteiger partial charge in [0.25, 0.3) is 0 Å². The summed E-state index contributed by atoms with van der Waals surface area (Å²) in [7, 11) is 0. The van der Waals surface area contributed by atoms with Gasteiger partial charge in [-0.05, 0) is 44.0 Å². The second-order valence-corrected chi connectivity index (χ2v) is 9.48. The van der Waals surface area contributed by atoms with Crippen LogP contribution in [-0.4, -0.2) is 21.8 Å². The number of ether oxygens (including phenoxy) is 1. The van der Waals surface area contributed by atoms with E-state index >= 15 is 0 Å². The maximum Gasteiger partial charge on any atom is 0.353 e. The van der Waals surface area contributed by atoms with Crippen LogP contribution < -0.4 is 4.74 Å². The van der Waals surface area contributed by atoms with E-state index < -0.39 is 12.1 Å². The van der Waals surface area contributed by atoms with Crippen LogP contribution in [0.1, 0.15) is 55.7 Å². The molecule has 0 unspecified atom stereocenters. The Labute approximate surface area is 195 Å². The molecule has 0 aliphatic heterocycles. The van der Waals surface area contributed by atoms with Crippen molar-refractivity contribution in [2.45, 2.75) is 51.7 Å². The Bertz CT molecular complexity index is 1090. The zero-order valence-electron chi connectivity index (χ0n) is 17.8. The fraction of sp³-hybridized carbons (Fsp3) is 0.375. The molecule has 0 bridgehead atoms. The molecule has 3 aromatic rings. The third-order valence-corrected chi connectivity index (χ3v) is 7.01. The summed E-state index contributed by atoms with van der Waals surface area (Å²) < 4.78 is 7.06. The molecule has 32 heavy (non-hydrogen) atoms. The van der Waals surface area contributed by atoms with Gasteiger partial charge in [0.15, 0.2) is 11.8 Å². The van der Waals surface area contributed by atoms with Crippen LogP contribution in [0.2, 0.25) is 5.02 Å². The lowest BCUT2D eigenvalue weighted by Crippen LogP contribution is -2.19. The molecule has 0 radical (unpaired) electrons. The number of carboxylic acids is 1. The Morgan fingerprint density at radius 3 is 2.75 bits per heavy atom. The number of carboxylic acid groups (broad SMARTS) is 1. The molecule has 6 nitrogen and oxygen atoms in total. The van der Waals surface area contributed by atoms with Crippen molar-refractivity contribution in [1.29, 1.82) is 0 Å². The average molecular weight is 473 g/mol. The molecule has 1 fully saturated rings. The molecule has 8 heteroatoms. The Kier molecular flexibility index (Phi) is 7.27. The molecule has 0 amide bonds. The van der Waals surface area contributed by atoms with E-state index in [1.807, 2.05) is 36.4 Å². The highest BCUT2D eigenvalue weighted by Gasteiger charge is 2.29. The monoisotopic (exact) mass is 472 g/mol. The first kappa shape index (κ1) is 22.6. The molecule has 4 rings (SSSR count). The van der Waals surface area contributed by atoms with Gasteiger partial charge in [-0.2, -0.15) is 0 Å². The number of aliphatic carboxylic acids is 1. The minimum Gasteiger partial charge on any atom is -0.486 e. The van der Waals surface area contributed by atoms with E-state index in [0.717, 1.165) is 46.5 Å². The molecular weight excluding hydrogens is 448 g/mol. The second-order valence-electron chi connectivity index (χ2n) is 7.95. The summed E-state index contributed by atoms with van der Waals surface area (Å²) >= 11 is 8.24. The minimum atomic E-state index is -1.10. The Morgan fingerprint density at radius 1 is 1.25 bits per heavy atom. The summed E-state index contributed by atoms with van der Waals surface area (Å²) in [5.41, 5.74) is 1.68. The maximum atomic E-state index is 11.1. The van der Waals surface area contributed by atoms with Crippen molar-refractivity contribution in [3.8, 4) is 5.75 Å². The molecule has 0 saturated heterocycles. The predicted octanol–water partition coefficient (Wildman–Crippen LogP) is 6.63. The van der Waals surface area contributed by atoms with Crippen LogP contribution in [-0.2, 0) is 16.2 Å². The van der Waals surface area contributed by atoms with Gasteiger partial charge < -0.3 is 14.7 Å². The van der Waals surface area contributed by atoms with E-state index in [4.69, 9.17) is 26.3 Å². The molecular formula is C24H25ClN2O4S. The third-order valence-electron chi connectivity index (χ3n) is 5.67. The first-order valence-corrected chi connectivity index (χ1v) is 11.9. The number of carbonyl (C=O) groups is 1. The second kappa shape index (κ2) is 10.3. The fourth-order valence-corrected chi connectivity index (χ4v) is 5.12. The van der Waals surface area contributed by atoms with Crippen molar-refractivity contribution in [2.24, 2.45) is 11.1 Å². The third kappa shape index (κ3) is 5.40. The zero-order chi connectivity index (χ0) is 22.5. The van der Waals surface area contributed by atoms with Crippen LogP contribution in [0.25, 0.3) is 10.2 Å². The van der Waals surface area contributed by atoms with E-state index in [2.05, 4.69) is 10.1 Å². The van der Waals surface area contributed by atoms with Gasteiger partial charge in [0.05, 0.1) is 15.2 Å². The largest absolute Gasteiger partial charge is 0.486 e. The summed E-state index contributed by atoms with van der Waals surface area (Å²) in [5, 5.41) is 14.4. The van der Waals surface area contributed by atoms with Gasteiger partial charge in [-0.3, -0.25) is 0 Å². The molecule has 0 spiro atoms. The molecule has 1 aliphatic rings. The van der Waals surface area contributed by atoms with Gasteiger partial charge in [0, 0.05) is 11.5 Å². The number of nitrogens with zero attached hydrogens (tertiary/aromatic N) is 2. The molecule has 1 aliphatic carbocycles. The summed E-state index contributed by atoms with van der Waals surface area (Å²) in [6.45, 7) is 1.78. The predicted molar refractivity (Wildman–Crippen MR) is 127 cm³/mol. The fourth-order valence-electron chi connectivity index (χ4n) is 3.96. The topological polar surface area (TPSA) is 81.0 Å². The van der Waals surface area contributed by atoms with Gasteiger partial charge in [-0.15, -0.1) is 11.3 Å². The van der Waals surface area contributed by atoms with Crippen LogP contribution in [0, 0.1) is 5.92 Å². The van der Waals surface area contributed by atoms with Crippen LogP contribution >= 0.6 is 22.9 Å². The summed E-state index contributed by atoms with van der Waals surface area (Å²) in [5.74, 6) is -0.219. The van der Waals surface area contributed by atoms with E-state index in [-0.39, 0.29) is 11.6 Å². The number of hydrogen-bond donors (Lipinski definition) is 1. The summed E-state index contributed by atoms with van der Waals surface area (Å²) in [6.07, 6.45) is 5.04. The first-order valence-electron chi connectivity index (χ1n) is 10.7. The molecule has 1 atom stereocenters. The average Bonchev–Trinajstić information content (AvgIpc) is 3.22. The van der Waals surface area contributed by atoms with Crippen LogP contribution in [0.15, 0.2) is 47.6 Å². The highest BCUT2D eigenvalue weighted by Crippen LogP contribution is 2.40. The van der Waals surface area contributed by atoms with Crippen molar-refractivity contribution in [1.82, 2.24) is 4.98 Å². The number of rotatable bonds is 8. The SMILES string of the molecule is C/C(=N/O[C@@H](c1ccc(OCc2nc3ccccc3s2)cc1Cl)C1CCCCC1)C(=O)O. The van der Waals surface area contributed by atoms with Crippen LogP contribution in [0.5, 0.6) is 5.75 Å². The van der Waals surface area contributed by atoms with Crippen LogP contribution in [0.3, 0.4) is 0 Å². The standard InChI is InChI=1S/C24H25ClN2O4S/c1-15(24(28)29)27-31-23(16-7-3-2-4-8-16)18-12-11-17(13-19(18)25)30-14-22-26-20-9-5-6-10-21(20)32-22/h5-6,9-13,16,23H,2-4,7-8,14H2,1H3,(H,28,29)/b27-15-/t23-/m1/s1. The van der Waals surface area contributed by atoms with Crippen molar-refractivity contribution >= 4 is 44.8 Å². The van der Waals surface area contributed by atoms with Crippen molar-refractivity contribution in [3.05, 3.63) is 58.1 Å². The highest BCUT2D eigenvalue weighted by molar-refractivity contribution is 7.18. The van der Waals surface area contributed by atoms with Gasteiger partial charge in [0.1, 0.15) is 17.4 Å². The number of halogens is 1. The zero-order valence-corrected chi connectivity index (χ0v) is 19.4.